The molecule has 11 heavy (non-hydrogen) atoms. The molecule has 56 valence electrons. The summed E-state index contributed by atoms with van der Waals surface area (Å²) in [5.74, 6) is 0. The van der Waals surface area contributed by atoms with Crippen molar-refractivity contribution >= 4 is 13.6 Å². The zero-order valence-electron chi connectivity index (χ0n) is 7.43. The van der Waals surface area contributed by atoms with Gasteiger partial charge in [0.2, 0.25) is 0 Å². The summed E-state index contributed by atoms with van der Waals surface area (Å²) in [6.45, 7) is 8.77. The SMILES string of the molecule is CCCCc1bbc(C)cc1. The van der Waals surface area contributed by atoms with Crippen LogP contribution in [-0.4, -0.2) is 13.6 Å². The predicted molar refractivity (Wildman–Crippen MR) is 52.5 cm³/mol. The van der Waals surface area contributed by atoms with Crippen LogP contribution in [0.4, 0.5) is 0 Å². The first-order valence-corrected chi connectivity index (χ1v) is 4.38. The normalized spacial score (nSPS) is 9.27. The molecule has 2 heteroatoms. The van der Waals surface area contributed by atoms with Gasteiger partial charge in [0.05, 0.1) is 0 Å². The molecule has 0 amide bonds. The molecule has 0 aromatic carbocycles. The maximum absolute atomic E-state index is 2.23. The summed E-state index contributed by atoms with van der Waals surface area (Å²) in [5.41, 5.74) is 2.82. The summed E-state index contributed by atoms with van der Waals surface area (Å²) < 4.78 is 0. The van der Waals surface area contributed by atoms with Gasteiger partial charge in [-0.15, -0.1) is 0 Å². The Balaban J connectivity index is 2.52. The molecule has 0 radical (unpaired) electrons. The fourth-order valence-electron chi connectivity index (χ4n) is 1.14. The summed E-state index contributed by atoms with van der Waals surface area (Å²) in [7, 11) is 0. The fourth-order valence-corrected chi connectivity index (χ4v) is 1.14. The van der Waals surface area contributed by atoms with Crippen molar-refractivity contribution in [2.75, 3.05) is 0 Å². The number of unbranched alkanes of at least 4 members (excludes halogenated alkanes) is 1. The van der Waals surface area contributed by atoms with Gasteiger partial charge < -0.3 is 0 Å². The van der Waals surface area contributed by atoms with E-state index >= 15 is 0 Å². The van der Waals surface area contributed by atoms with Crippen molar-refractivity contribution in [2.45, 2.75) is 33.1 Å². The molecule has 1 aromatic heterocycles. The van der Waals surface area contributed by atoms with Crippen LogP contribution in [0.2, 0.25) is 0 Å². The number of hydrogen-bond acceptors (Lipinski definition) is 0. The summed E-state index contributed by atoms with van der Waals surface area (Å²) in [5, 5.41) is 0. The number of aryl methyl sites for hydroxylation is 2. The van der Waals surface area contributed by atoms with Crippen LogP contribution in [0.5, 0.6) is 0 Å². The van der Waals surface area contributed by atoms with Gasteiger partial charge in [0.1, 0.15) is 0 Å². The molecule has 1 aromatic rings. The van der Waals surface area contributed by atoms with E-state index in [1.807, 2.05) is 0 Å². The summed E-state index contributed by atoms with van der Waals surface area (Å²) in [6.07, 6.45) is 3.83. The van der Waals surface area contributed by atoms with E-state index in [1.165, 1.54) is 30.2 Å². The second-order valence-corrected chi connectivity index (χ2v) is 3.09. The summed E-state index contributed by atoms with van der Waals surface area (Å²) in [4.78, 5) is 0. The molecule has 0 aliphatic carbocycles. The van der Waals surface area contributed by atoms with Gasteiger partial charge >= 0.3 is 69.8 Å². The van der Waals surface area contributed by atoms with Gasteiger partial charge in [0.15, 0.2) is 0 Å². The standard InChI is InChI=1S/C9H14B2/c1-3-4-5-9-7-6-8(2)10-11-9/h6-7H,3-5H2,1-2H3. The third kappa shape index (κ3) is 3.00. The second-order valence-electron chi connectivity index (χ2n) is 3.09. The van der Waals surface area contributed by atoms with Gasteiger partial charge in [-0.1, -0.05) is 0 Å². The van der Waals surface area contributed by atoms with Crippen molar-refractivity contribution in [3.8, 4) is 0 Å². The average molecular weight is 144 g/mol. The second kappa shape index (κ2) is 4.48. The van der Waals surface area contributed by atoms with Crippen LogP contribution in [0.25, 0.3) is 0 Å². The van der Waals surface area contributed by atoms with Gasteiger partial charge in [0, 0.05) is 0 Å². The molecule has 0 atom stereocenters. The molecule has 0 saturated heterocycles. The molecule has 0 fully saturated rings. The van der Waals surface area contributed by atoms with E-state index in [0.717, 1.165) is 0 Å². The van der Waals surface area contributed by atoms with E-state index in [-0.39, 0.29) is 0 Å². The topological polar surface area (TPSA) is 0 Å². The Labute approximate surface area is 70.4 Å². The zero-order valence-corrected chi connectivity index (χ0v) is 7.43. The molecule has 0 spiro atoms. The predicted octanol–water partition coefficient (Wildman–Crippen LogP) is 2.01. The van der Waals surface area contributed by atoms with Gasteiger partial charge in [-0.25, -0.2) is 0 Å². The average Bonchev–Trinajstić information content (AvgIpc) is 2.04. The first-order valence-electron chi connectivity index (χ1n) is 4.38. The van der Waals surface area contributed by atoms with Crippen molar-refractivity contribution in [2.24, 2.45) is 0 Å². The molecular weight excluding hydrogens is 130 g/mol. The van der Waals surface area contributed by atoms with Crippen LogP contribution >= 0.6 is 0 Å². The molecule has 0 unspecified atom stereocenters. The van der Waals surface area contributed by atoms with E-state index in [0.29, 0.717) is 0 Å². The monoisotopic (exact) mass is 144 g/mol. The molecule has 1 rings (SSSR count). The van der Waals surface area contributed by atoms with Gasteiger partial charge in [0.25, 0.3) is 0 Å². The Bertz CT molecular complexity index is 203. The van der Waals surface area contributed by atoms with Crippen molar-refractivity contribution < 1.29 is 0 Å². The van der Waals surface area contributed by atoms with E-state index in [2.05, 4.69) is 39.6 Å². The van der Waals surface area contributed by atoms with Gasteiger partial charge in [-0.05, 0) is 0 Å². The minimum atomic E-state index is 1.23. The van der Waals surface area contributed by atoms with Crippen molar-refractivity contribution in [1.29, 1.82) is 0 Å². The Morgan fingerprint density at radius 3 is 2.64 bits per heavy atom. The van der Waals surface area contributed by atoms with Crippen molar-refractivity contribution in [1.82, 2.24) is 0 Å². The number of rotatable bonds is 3. The van der Waals surface area contributed by atoms with Crippen molar-refractivity contribution in [3.63, 3.8) is 0 Å². The van der Waals surface area contributed by atoms with Crippen LogP contribution in [0.3, 0.4) is 0 Å². The molecule has 0 bridgehead atoms. The zero-order chi connectivity index (χ0) is 8.10. The Hall–Kier alpha value is -0.390. The first-order chi connectivity index (χ1) is 5.33. The number of hydrogen-bond donors (Lipinski definition) is 0. The maximum atomic E-state index is 2.23. The van der Waals surface area contributed by atoms with Crippen LogP contribution < -0.4 is 0 Å². The van der Waals surface area contributed by atoms with E-state index < -0.39 is 0 Å². The molecule has 1 heterocycles. The third-order valence-corrected chi connectivity index (χ3v) is 1.94. The summed E-state index contributed by atoms with van der Waals surface area (Å²) >= 11 is 0. The molecule has 0 aliphatic rings. The Morgan fingerprint density at radius 1 is 1.27 bits per heavy atom. The Morgan fingerprint density at radius 2 is 2.09 bits per heavy atom. The molecule has 0 saturated carbocycles. The van der Waals surface area contributed by atoms with Gasteiger partial charge in [-0.3, -0.25) is 0 Å². The van der Waals surface area contributed by atoms with E-state index in [4.69, 9.17) is 0 Å². The van der Waals surface area contributed by atoms with Crippen LogP contribution in [0.15, 0.2) is 12.1 Å². The molecular formula is C9H14B2. The molecule has 0 aliphatic heterocycles. The van der Waals surface area contributed by atoms with E-state index in [9.17, 15) is 0 Å². The third-order valence-electron chi connectivity index (χ3n) is 1.94. The van der Waals surface area contributed by atoms with E-state index in [1.54, 1.807) is 0 Å². The Kier molecular flexibility index (Phi) is 3.55. The molecule has 0 nitrogen and oxygen atoms in total. The fraction of sp³-hybridized carbons (Fsp3) is 0.556. The minimum absolute atomic E-state index is 1.23. The summed E-state index contributed by atoms with van der Waals surface area (Å²) in [6, 6.07) is 4.41. The van der Waals surface area contributed by atoms with Crippen molar-refractivity contribution in [3.05, 3.63) is 23.1 Å². The van der Waals surface area contributed by atoms with Crippen LogP contribution in [-0.2, 0) is 6.42 Å². The van der Waals surface area contributed by atoms with Crippen LogP contribution in [0, 0.1) is 6.92 Å². The molecule has 0 N–H and O–H groups in total. The van der Waals surface area contributed by atoms with Crippen LogP contribution in [0.1, 0.15) is 30.7 Å². The van der Waals surface area contributed by atoms with Gasteiger partial charge in [-0.2, -0.15) is 0 Å². The quantitative estimate of drug-likeness (QED) is 0.608. The first kappa shape index (κ1) is 8.70.